The number of rotatable bonds is 4. The molecule has 0 bridgehead atoms. The number of alkyl carbamates (subject to hydrolysis) is 1. The number of anilines is 1. The van der Waals surface area contributed by atoms with E-state index in [0.717, 1.165) is 10.9 Å². The van der Waals surface area contributed by atoms with Gasteiger partial charge in [0.15, 0.2) is 0 Å². The van der Waals surface area contributed by atoms with Crippen LogP contribution in [-0.2, 0) is 9.53 Å². The van der Waals surface area contributed by atoms with E-state index in [4.69, 9.17) is 5.26 Å². The van der Waals surface area contributed by atoms with Gasteiger partial charge in [-0.2, -0.15) is 10.4 Å². The fourth-order valence-corrected chi connectivity index (χ4v) is 1.66. The molecular weight excluding hydrogens is 286 g/mol. The first-order chi connectivity index (χ1) is 10.6. The summed E-state index contributed by atoms with van der Waals surface area (Å²) >= 11 is 0. The molecule has 0 unspecified atom stereocenters. The molecule has 1 heterocycles. The Balaban J connectivity index is 2.07. The molecule has 0 atom stereocenters. The van der Waals surface area contributed by atoms with Crippen molar-refractivity contribution < 1.29 is 14.3 Å². The fourth-order valence-electron chi connectivity index (χ4n) is 1.66. The maximum atomic E-state index is 11.7. The predicted molar refractivity (Wildman–Crippen MR) is 78.6 cm³/mol. The number of nitriles is 1. The van der Waals surface area contributed by atoms with Crippen molar-refractivity contribution in [3.8, 4) is 6.07 Å². The Labute approximate surface area is 125 Å². The standard InChI is InChI=1S/C14H13N5O3/c1-2-22-14(21)18-13(20)10(6-15)7-16-11-3-4-12-9(5-11)8-17-19-12/h3-5,7-8,16H,2H2,1H3,(H,17,19)(H,18,20,21)/b10-7+. The second-order valence-electron chi connectivity index (χ2n) is 4.16. The van der Waals surface area contributed by atoms with Crippen LogP contribution in [0.15, 0.2) is 36.2 Å². The zero-order chi connectivity index (χ0) is 15.9. The largest absolute Gasteiger partial charge is 0.450 e. The monoisotopic (exact) mass is 299 g/mol. The van der Waals surface area contributed by atoms with E-state index < -0.39 is 12.0 Å². The number of amides is 2. The molecule has 112 valence electrons. The van der Waals surface area contributed by atoms with Gasteiger partial charge in [0.05, 0.1) is 18.3 Å². The van der Waals surface area contributed by atoms with E-state index in [2.05, 4.69) is 20.3 Å². The van der Waals surface area contributed by atoms with Crippen molar-refractivity contribution in [2.24, 2.45) is 0 Å². The summed E-state index contributed by atoms with van der Waals surface area (Å²) in [7, 11) is 0. The third kappa shape index (κ3) is 3.61. The number of hydrogen-bond donors (Lipinski definition) is 3. The summed E-state index contributed by atoms with van der Waals surface area (Å²) in [4.78, 5) is 22.8. The Morgan fingerprint density at radius 2 is 2.32 bits per heavy atom. The van der Waals surface area contributed by atoms with Gasteiger partial charge in [0.1, 0.15) is 11.6 Å². The fraction of sp³-hybridized carbons (Fsp3) is 0.143. The number of nitrogens with zero attached hydrogens (tertiary/aromatic N) is 2. The highest BCUT2D eigenvalue weighted by Gasteiger charge is 2.13. The molecular formula is C14H13N5O3. The topological polar surface area (TPSA) is 120 Å². The van der Waals surface area contributed by atoms with Crippen LogP contribution in [0, 0.1) is 11.3 Å². The van der Waals surface area contributed by atoms with Crippen molar-refractivity contribution in [2.75, 3.05) is 11.9 Å². The summed E-state index contributed by atoms with van der Waals surface area (Å²) in [5.41, 5.74) is 1.29. The molecule has 0 radical (unpaired) electrons. The van der Waals surface area contributed by atoms with Crippen molar-refractivity contribution in [2.45, 2.75) is 6.92 Å². The first kappa shape index (κ1) is 15.1. The summed E-state index contributed by atoms with van der Waals surface area (Å²) in [5.74, 6) is -0.835. The van der Waals surface area contributed by atoms with E-state index in [9.17, 15) is 9.59 Å². The number of aromatic amines is 1. The maximum absolute atomic E-state index is 11.7. The molecule has 0 aliphatic carbocycles. The number of aromatic nitrogens is 2. The van der Waals surface area contributed by atoms with Crippen LogP contribution in [0.4, 0.5) is 10.5 Å². The average molecular weight is 299 g/mol. The minimum Gasteiger partial charge on any atom is -0.450 e. The Morgan fingerprint density at radius 3 is 3.05 bits per heavy atom. The highest BCUT2D eigenvalue weighted by molar-refractivity contribution is 6.05. The third-order valence-corrected chi connectivity index (χ3v) is 2.68. The van der Waals surface area contributed by atoms with Crippen LogP contribution in [0.25, 0.3) is 10.9 Å². The van der Waals surface area contributed by atoms with Crippen molar-refractivity contribution in [1.82, 2.24) is 15.5 Å². The molecule has 0 saturated heterocycles. The van der Waals surface area contributed by atoms with E-state index in [-0.39, 0.29) is 12.2 Å². The number of H-pyrrole nitrogens is 1. The lowest BCUT2D eigenvalue weighted by Gasteiger charge is -2.04. The van der Waals surface area contributed by atoms with E-state index in [1.165, 1.54) is 6.20 Å². The second kappa shape index (κ2) is 6.90. The average Bonchev–Trinajstić information content (AvgIpc) is 2.95. The molecule has 22 heavy (non-hydrogen) atoms. The zero-order valence-electron chi connectivity index (χ0n) is 11.7. The molecule has 1 aromatic carbocycles. The van der Waals surface area contributed by atoms with Gasteiger partial charge < -0.3 is 10.1 Å². The third-order valence-electron chi connectivity index (χ3n) is 2.68. The molecule has 0 saturated carbocycles. The lowest BCUT2D eigenvalue weighted by molar-refractivity contribution is -0.116. The molecule has 8 heteroatoms. The lowest BCUT2D eigenvalue weighted by atomic mass is 10.2. The van der Waals surface area contributed by atoms with Gasteiger partial charge in [-0.3, -0.25) is 15.2 Å². The highest BCUT2D eigenvalue weighted by Crippen LogP contribution is 2.16. The maximum Gasteiger partial charge on any atom is 0.414 e. The Morgan fingerprint density at radius 1 is 1.50 bits per heavy atom. The van der Waals surface area contributed by atoms with Gasteiger partial charge >= 0.3 is 6.09 Å². The molecule has 0 spiro atoms. The van der Waals surface area contributed by atoms with Crippen LogP contribution in [0.2, 0.25) is 0 Å². The molecule has 0 aliphatic rings. The van der Waals surface area contributed by atoms with Gasteiger partial charge in [-0.1, -0.05) is 0 Å². The van der Waals surface area contributed by atoms with Crippen LogP contribution in [-0.4, -0.2) is 28.8 Å². The summed E-state index contributed by atoms with van der Waals surface area (Å²) < 4.78 is 4.57. The Bertz CT molecular complexity index is 772. The van der Waals surface area contributed by atoms with Gasteiger partial charge in [0, 0.05) is 17.3 Å². The van der Waals surface area contributed by atoms with Crippen molar-refractivity contribution in [3.63, 3.8) is 0 Å². The Kier molecular flexibility index (Phi) is 4.72. The molecule has 2 aromatic rings. The van der Waals surface area contributed by atoms with Crippen LogP contribution < -0.4 is 10.6 Å². The summed E-state index contributed by atoms with van der Waals surface area (Å²) in [6.45, 7) is 1.74. The van der Waals surface area contributed by atoms with E-state index in [1.807, 2.05) is 11.4 Å². The van der Waals surface area contributed by atoms with Crippen LogP contribution >= 0.6 is 0 Å². The number of fused-ring (bicyclic) bond motifs is 1. The van der Waals surface area contributed by atoms with Crippen molar-refractivity contribution >= 4 is 28.6 Å². The molecule has 0 fully saturated rings. The molecule has 2 rings (SSSR count). The van der Waals surface area contributed by atoms with Gasteiger partial charge in [0.25, 0.3) is 5.91 Å². The van der Waals surface area contributed by atoms with E-state index in [0.29, 0.717) is 5.69 Å². The number of carbonyl (C=O) groups excluding carboxylic acids is 2. The number of benzene rings is 1. The summed E-state index contributed by atoms with van der Waals surface area (Å²) in [6.07, 6.45) is 1.98. The Hall–Kier alpha value is -3.34. The number of hydrogen-bond acceptors (Lipinski definition) is 6. The SMILES string of the molecule is CCOC(=O)NC(=O)/C(C#N)=C/Nc1ccc2[nH]ncc2c1. The molecule has 3 N–H and O–H groups in total. The van der Waals surface area contributed by atoms with Gasteiger partial charge in [-0.25, -0.2) is 4.79 Å². The molecule has 0 aliphatic heterocycles. The number of nitrogens with one attached hydrogen (secondary N) is 3. The van der Waals surface area contributed by atoms with Crippen LogP contribution in [0.3, 0.4) is 0 Å². The van der Waals surface area contributed by atoms with Crippen molar-refractivity contribution in [1.29, 1.82) is 5.26 Å². The molecule has 8 nitrogen and oxygen atoms in total. The predicted octanol–water partition coefficient (Wildman–Crippen LogP) is 1.65. The smallest absolute Gasteiger partial charge is 0.414 e. The van der Waals surface area contributed by atoms with E-state index in [1.54, 1.807) is 31.3 Å². The summed E-state index contributed by atoms with van der Waals surface area (Å²) in [5, 5.41) is 21.3. The van der Waals surface area contributed by atoms with Crippen LogP contribution in [0.5, 0.6) is 0 Å². The molecule has 2 amide bonds. The minimum absolute atomic E-state index is 0.133. The van der Waals surface area contributed by atoms with Gasteiger partial charge in [0.2, 0.25) is 0 Å². The normalized spacial score (nSPS) is 10.8. The lowest BCUT2D eigenvalue weighted by Crippen LogP contribution is -2.32. The number of carbonyl (C=O) groups is 2. The summed E-state index contributed by atoms with van der Waals surface area (Å²) in [6, 6.07) is 7.08. The molecule has 1 aromatic heterocycles. The van der Waals surface area contributed by atoms with Crippen LogP contribution in [0.1, 0.15) is 6.92 Å². The zero-order valence-corrected chi connectivity index (χ0v) is 11.7. The number of ether oxygens (including phenoxy) is 1. The van der Waals surface area contributed by atoms with Gasteiger partial charge in [-0.15, -0.1) is 0 Å². The first-order valence-electron chi connectivity index (χ1n) is 6.42. The van der Waals surface area contributed by atoms with Crippen molar-refractivity contribution in [3.05, 3.63) is 36.2 Å². The highest BCUT2D eigenvalue weighted by atomic mass is 16.5. The minimum atomic E-state index is -0.895. The number of imide groups is 1. The second-order valence-corrected chi connectivity index (χ2v) is 4.16. The first-order valence-corrected chi connectivity index (χ1v) is 6.42. The quantitative estimate of drug-likeness (QED) is 0.583. The van der Waals surface area contributed by atoms with Gasteiger partial charge in [-0.05, 0) is 25.1 Å². The van der Waals surface area contributed by atoms with E-state index >= 15 is 0 Å².